The molecule has 0 fully saturated rings. The van der Waals surface area contributed by atoms with Crippen molar-refractivity contribution < 1.29 is 47.1 Å². The van der Waals surface area contributed by atoms with Crippen LogP contribution in [0.15, 0.2) is 48.5 Å². The Bertz CT molecular complexity index is 565. The van der Waals surface area contributed by atoms with Gasteiger partial charge in [0.2, 0.25) is 0 Å². The number of aliphatic hydroxyl groups excluding tert-OH is 2. The van der Waals surface area contributed by atoms with Gasteiger partial charge in [0.25, 0.3) is 0 Å². The summed E-state index contributed by atoms with van der Waals surface area (Å²) in [6.07, 6.45) is 0. The number of aromatic carboxylic acids is 2. The summed E-state index contributed by atoms with van der Waals surface area (Å²) in [5, 5.41) is 34.2. The van der Waals surface area contributed by atoms with Crippen molar-refractivity contribution in [3.63, 3.8) is 0 Å². The van der Waals surface area contributed by atoms with Gasteiger partial charge in [-0.1, -0.05) is 24.3 Å². The van der Waals surface area contributed by atoms with Crippen molar-refractivity contribution in [2.75, 3.05) is 0 Å². The average Bonchev–Trinajstić information content (AvgIpc) is 2.55. The van der Waals surface area contributed by atoms with Gasteiger partial charge in [-0.3, -0.25) is 0 Å². The summed E-state index contributed by atoms with van der Waals surface area (Å²) in [7, 11) is 0. The molecule has 0 unspecified atom stereocenters. The molecule has 4 N–H and O–H groups in total. The number of hydrogen-bond acceptors (Lipinski definition) is 4. The minimum absolute atomic E-state index is 0. The van der Waals surface area contributed by atoms with Gasteiger partial charge >= 0.3 is 11.9 Å². The second kappa shape index (κ2) is 10.5. The van der Waals surface area contributed by atoms with Crippen LogP contribution in [0.1, 0.15) is 31.8 Å². The van der Waals surface area contributed by atoms with Crippen LogP contribution in [0.25, 0.3) is 0 Å². The zero-order valence-corrected chi connectivity index (χ0v) is 12.9. The first-order chi connectivity index (χ1) is 10.5. The minimum Gasteiger partial charge on any atom is -0.478 e. The van der Waals surface area contributed by atoms with Crippen LogP contribution in [0.4, 0.5) is 0 Å². The van der Waals surface area contributed by atoms with Crippen molar-refractivity contribution in [3.8, 4) is 0 Å². The summed E-state index contributed by atoms with van der Waals surface area (Å²) >= 11 is 0. The molecular formula is C16H16CuO6. The van der Waals surface area contributed by atoms with Crippen LogP contribution in [0.3, 0.4) is 0 Å². The van der Waals surface area contributed by atoms with Gasteiger partial charge in [0, 0.05) is 17.1 Å². The Balaban J connectivity index is 0.000000403. The molecule has 0 heterocycles. The van der Waals surface area contributed by atoms with E-state index in [1.165, 1.54) is 24.3 Å². The molecule has 2 aromatic rings. The molecule has 0 aliphatic heterocycles. The van der Waals surface area contributed by atoms with Gasteiger partial charge in [0.15, 0.2) is 0 Å². The van der Waals surface area contributed by atoms with Crippen molar-refractivity contribution in [3.05, 3.63) is 70.8 Å². The molecule has 0 amide bonds. The summed E-state index contributed by atoms with van der Waals surface area (Å²) in [5.41, 5.74) is 1.91. The molecule has 0 aliphatic rings. The molecule has 0 saturated heterocycles. The zero-order valence-electron chi connectivity index (χ0n) is 11.9. The molecular weight excluding hydrogens is 352 g/mol. The van der Waals surface area contributed by atoms with Crippen LogP contribution in [0.2, 0.25) is 0 Å². The van der Waals surface area contributed by atoms with E-state index in [2.05, 4.69) is 0 Å². The Morgan fingerprint density at radius 1 is 0.652 bits per heavy atom. The Labute approximate surface area is 143 Å². The molecule has 0 aliphatic carbocycles. The fourth-order valence-corrected chi connectivity index (χ4v) is 1.51. The topological polar surface area (TPSA) is 115 Å². The number of rotatable bonds is 4. The van der Waals surface area contributed by atoms with Gasteiger partial charge in [-0.15, -0.1) is 0 Å². The van der Waals surface area contributed by atoms with E-state index in [0.717, 1.165) is 11.1 Å². The van der Waals surface area contributed by atoms with Crippen molar-refractivity contribution in [2.45, 2.75) is 13.2 Å². The molecule has 0 saturated carbocycles. The summed E-state index contributed by atoms with van der Waals surface area (Å²) in [6.45, 7) is -0.111. The quantitative estimate of drug-likeness (QED) is 0.612. The maximum atomic E-state index is 10.3. The van der Waals surface area contributed by atoms with E-state index in [9.17, 15) is 9.59 Å². The fraction of sp³-hybridized carbons (Fsp3) is 0.125. The number of benzene rings is 2. The maximum Gasteiger partial charge on any atom is 0.335 e. The number of carboxylic acids is 2. The number of hydrogen-bond donors (Lipinski definition) is 4. The number of carbonyl (C=O) groups is 2. The first kappa shape index (κ1) is 20.8. The molecule has 127 valence electrons. The smallest absolute Gasteiger partial charge is 0.335 e. The van der Waals surface area contributed by atoms with Gasteiger partial charge in [-0.05, 0) is 35.4 Å². The SMILES string of the molecule is O=C(O)c1ccc(CO)cc1.O=C(O)c1ccc(CO)cc1.[Cu]. The Morgan fingerprint density at radius 3 is 1.09 bits per heavy atom. The zero-order chi connectivity index (χ0) is 16.5. The maximum absolute atomic E-state index is 10.3. The molecule has 23 heavy (non-hydrogen) atoms. The van der Waals surface area contributed by atoms with Gasteiger partial charge in [0.1, 0.15) is 0 Å². The van der Waals surface area contributed by atoms with Crippen LogP contribution < -0.4 is 0 Å². The van der Waals surface area contributed by atoms with E-state index in [-0.39, 0.29) is 41.4 Å². The molecule has 0 atom stereocenters. The van der Waals surface area contributed by atoms with Gasteiger partial charge in [-0.25, -0.2) is 9.59 Å². The van der Waals surface area contributed by atoms with Crippen molar-refractivity contribution in [1.82, 2.24) is 0 Å². The van der Waals surface area contributed by atoms with Gasteiger partial charge in [-0.2, -0.15) is 0 Å². The Hall–Kier alpha value is -2.18. The summed E-state index contributed by atoms with van der Waals surface area (Å²) in [4.78, 5) is 20.7. The summed E-state index contributed by atoms with van der Waals surface area (Å²) < 4.78 is 0. The van der Waals surface area contributed by atoms with E-state index in [1.807, 2.05) is 0 Å². The number of aliphatic hydroxyl groups is 2. The largest absolute Gasteiger partial charge is 0.478 e. The molecule has 0 bridgehead atoms. The molecule has 1 radical (unpaired) electrons. The summed E-state index contributed by atoms with van der Waals surface area (Å²) in [5.74, 6) is -1.90. The van der Waals surface area contributed by atoms with E-state index in [0.29, 0.717) is 0 Å². The average molecular weight is 368 g/mol. The summed E-state index contributed by atoms with van der Waals surface area (Å²) in [6, 6.07) is 12.2. The monoisotopic (exact) mass is 367 g/mol. The fourth-order valence-electron chi connectivity index (χ4n) is 1.51. The standard InChI is InChI=1S/2C8H8O3.Cu/c2*9-5-6-1-3-7(4-2-6)8(10)11;/h2*1-4,9H,5H2,(H,10,11);. The van der Waals surface area contributed by atoms with Crippen molar-refractivity contribution in [1.29, 1.82) is 0 Å². The molecule has 0 aromatic heterocycles. The van der Waals surface area contributed by atoms with E-state index in [1.54, 1.807) is 24.3 Å². The minimum atomic E-state index is -0.950. The molecule has 7 heteroatoms. The molecule has 6 nitrogen and oxygen atoms in total. The first-order valence-corrected chi connectivity index (χ1v) is 6.34. The molecule has 0 spiro atoms. The second-order valence-corrected chi connectivity index (χ2v) is 4.32. The predicted molar refractivity (Wildman–Crippen MR) is 78.6 cm³/mol. The van der Waals surface area contributed by atoms with Crippen LogP contribution in [-0.4, -0.2) is 32.4 Å². The second-order valence-electron chi connectivity index (χ2n) is 4.32. The number of carboxylic acid groups (broad SMARTS) is 2. The Morgan fingerprint density at radius 2 is 0.913 bits per heavy atom. The predicted octanol–water partition coefficient (Wildman–Crippen LogP) is 1.75. The first-order valence-electron chi connectivity index (χ1n) is 6.34. The molecule has 2 rings (SSSR count). The third-order valence-corrected chi connectivity index (χ3v) is 2.77. The van der Waals surface area contributed by atoms with Crippen molar-refractivity contribution >= 4 is 11.9 Å². The van der Waals surface area contributed by atoms with E-state index < -0.39 is 11.9 Å². The van der Waals surface area contributed by atoms with Crippen LogP contribution >= 0.6 is 0 Å². The van der Waals surface area contributed by atoms with E-state index in [4.69, 9.17) is 20.4 Å². The Kier molecular flexibility index (Phi) is 9.53. The van der Waals surface area contributed by atoms with Gasteiger partial charge < -0.3 is 20.4 Å². The normalized spacial score (nSPS) is 9.13. The molecule has 2 aromatic carbocycles. The van der Waals surface area contributed by atoms with Crippen LogP contribution in [0, 0.1) is 0 Å². The van der Waals surface area contributed by atoms with Gasteiger partial charge in [0.05, 0.1) is 24.3 Å². The third-order valence-electron chi connectivity index (χ3n) is 2.77. The van der Waals surface area contributed by atoms with Crippen molar-refractivity contribution in [2.24, 2.45) is 0 Å². The van der Waals surface area contributed by atoms with Crippen LogP contribution in [-0.2, 0) is 30.3 Å². The third kappa shape index (κ3) is 7.08. The van der Waals surface area contributed by atoms with E-state index >= 15 is 0 Å². The van der Waals surface area contributed by atoms with Crippen LogP contribution in [0.5, 0.6) is 0 Å².